The number of fused-ring (bicyclic) bond motifs is 5. The van der Waals surface area contributed by atoms with Crippen LogP contribution in [0.1, 0.15) is 38.5 Å². The van der Waals surface area contributed by atoms with Crippen LogP contribution in [-0.4, -0.2) is 25.1 Å². The van der Waals surface area contributed by atoms with Crippen LogP contribution in [0.4, 0.5) is 0 Å². The summed E-state index contributed by atoms with van der Waals surface area (Å²) < 4.78 is 24.8. The summed E-state index contributed by atoms with van der Waals surface area (Å²) >= 11 is 5.86. The Hall–Kier alpha value is -1.07. The Bertz CT molecular complexity index is 829. The third kappa shape index (κ3) is 2.18. The van der Waals surface area contributed by atoms with E-state index < -0.39 is 14.6 Å². The van der Waals surface area contributed by atoms with Crippen LogP contribution < -0.4 is 5.32 Å². The van der Waals surface area contributed by atoms with Crippen LogP contribution in [0, 0.1) is 23.7 Å². The Kier molecular flexibility index (Phi) is 3.37. The second-order valence-corrected chi connectivity index (χ2v) is 11.0. The van der Waals surface area contributed by atoms with Crippen molar-refractivity contribution in [3.63, 3.8) is 0 Å². The maximum Gasteiger partial charge on any atom is 0.242 e. The highest BCUT2D eigenvalue weighted by Crippen LogP contribution is 2.61. The number of hydrogen-bond acceptors (Lipinski definition) is 3. The molecule has 0 saturated heterocycles. The average Bonchev–Trinajstić information content (AvgIpc) is 3.20. The molecule has 134 valence electrons. The monoisotopic (exact) mass is 379 g/mol. The number of halogens is 1. The number of amides is 1. The van der Waals surface area contributed by atoms with Gasteiger partial charge in [0.05, 0.1) is 4.90 Å². The lowest BCUT2D eigenvalue weighted by Gasteiger charge is -2.48. The quantitative estimate of drug-likeness (QED) is 0.873. The molecule has 4 nitrogen and oxygen atoms in total. The first kappa shape index (κ1) is 16.1. The number of sulfone groups is 1. The van der Waals surface area contributed by atoms with Gasteiger partial charge in [0.25, 0.3) is 0 Å². The first-order chi connectivity index (χ1) is 11.9. The number of carbonyl (C=O) groups is 1. The summed E-state index contributed by atoms with van der Waals surface area (Å²) in [4.78, 5) is 13.1. The van der Waals surface area contributed by atoms with Crippen LogP contribution in [0.3, 0.4) is 0 Å². The minimum atomic E-state index is -3.68. The van der Waals surface area contributed by atoms with Crippen LogP contribution in [0.15, 0.2) is 29.2 Å². The number of carbonyl (C=O) groups excluding carboxylic acids is 1. The largest absolute Gasteiger partial charge is 0.352 e. The normalized spacial score (nSPS) is 37.2. The topological polar surface area (TPSA) is 63.2 Å². The third-order valence-electron chi connectivity index (χ3n) is 7.22. The van der Waals surface area contributed by atoms with Crippen LogP contribution in [-0.2, 0) is 14.6 Å². The average molecular weight is 380 g/mol. The first-order valence-electron chi connectivity index (χ1n) is 9.23. The Balaban J connectivity index is 1.34. The van der Waals surface area contributed by atoms with Crippen molar-refractivity contribution in [2.75, 3.05) is 0 Å². The van der Waals surface area contributed by atoms with Gasteiger partial charge < -0.3 is 5.32 Å². The van der Waals surface area contributed by atoms with Gasteiger partial charge in [0, 0.05) is 11.1 Å². The Labute approximate surface area is 153 Å². The summed E-state index contributed by atoms with van der Waals surface area (Å²) in [7, 11) is -3.68. The van der Waals surface area contributed by atoms with Gasteiger partial charge in [0.1, 0.15) is 0 Å². The van der Waals surface area contributed by atoms with Crippen molar-refractivity contribution in [3.05, 3.63) is 29.3 Å². The van der Waals surface area contributed by atoms with Crippen LogP contribution in [0.25, 0.3) is 0 Å². The fourth-order valence-electron chi connectivity index (χ4n) is 5.71. The van der Waals surface area contributed by atoms with E-state index in [1.807, 2.05) is 0 Å². The zero-order valence-corrected chi connectivity index (χ0v) is 15.5. The van der Waals surface area contributed by atoms with E-state index in [-0.39, 0.29) is 16.8 Å². The molecular weight excluding hydrogens is 358 g/mol. The zero-order valence-electron chi connectivity index (χ0n) is 13.9. The molecule has 25 heavy (non-hydrogen) atoms. The molecular formula is C19H22ClNO3S. The Morgan fingerprint density at radius 1 is 1.08 bits per heavy atom. The van der Waals surface area contributed by atoms with Gasteiger partial charge in [-0.15, -0.1) is 0 Å². The molecule has 5 atom stereocenters. The maximum absolute atomic E-state index is 13.0. The summed E-state index contributed by atoms with van der Waals surface area (Å²) in [6.45, 7) is 0. The molecule has 5 rings (SSSR count). The molecule has 1 N–H and O–H groups in total. The summed E-state index contributed by atoms with van der Waals surface area (Å²) in [5.41, 5.74) is 0. The van der Waals surface area contributed by atoms with Crippen molar-refractivity contribution < 1.29 is 13.2 Å². The molecule has 4 aliphatic rings. The first-order valence-corrected chi connectivity index (χ1v) is 11.1. The van der Waals surface area contributed by atoms with E-state index in [2.05, 4.69) is 5.32 Å². The number of hydrogen-bond donors (Lipinski definition) is 1. The number of nitrogens with one attached hydrogen (secondary N) is 1. The van der Waals surface area contributed by atoms with Gasteiger partial charge in [-0.1, -0.05) is 11.6 Å². The molecule has 0 aromatic heterocycles. The standard InChI is InChI=1S/C19H22ClNO3S/c20-13-3-5-14(6-4-13)25(23,24)19(7-8-19)18(22)21-16-10-15-11-1-2-12(9-11)17(15)16/h3-6,11-12,15-17H,1-2,7-10H2,(H,21,22)/t11?,12?,15-,16-,17+/m1/s1. The van der Waals surface area contributed by atoms with E-state index in [1.54, 1.807) is 12.1 Å². The minimum absolute atomic E-state index is 0.186. The molecule has 0 aliphatic heterocycles. The molecule has 4 saturated carbocycles. The second-order valence-electron chi connectivity index (χ2n) is 8.34. The minimum Gasteiger partial charge on any atom is -0.352 e. The smallest absolute Gasteiger partial charge is 0.242 e. The van der Waals surface area contributed by atoms with Crippen molar-refractivity contribution in [2.24, 2.45) is 23.7 Å². The highest BCUT2D eigenvalue weighted by atomic mass is 35.5. The summed E-state index contributed by atoms with van der Waals surface area (Å²) in [5.74, 6) is 2.69. The van der Waals surface area contributed by atoms with E-state index in [9.17, 15) is 13.2 Å². The van der Waals surface area contributed by atoms with Crippen molar-refractivity contribution >= 4 is 27.3 Å². The predicted octanol–water partition coefficient (Wildman–Crippen LogP) is 3.20. The van der Waals surface area contributed by atoms with E-state index in [4.69, 9.17) is 11.6 Å². The fourth-order valence-corrected chi connectivity index (χ4v) is 7.73. The zero-order chi connectivity index (χ0) is 17.4. The van der Waals surface area contributed by atoms with Crippen LogP contribution >= 0.6 is 11.6 Å². The molecule has 1 aromatic rings. The fraction of sp³-hybridized carbons (Fsp3) is 0.632. The molecule has 1 amide bonds. The lowest BCUT2D eigenvalue weighted by Crippen LogP contribution is -2.57. The maximum atomic E-state index is 13.0. The van der Waals surface area contributed by atoms with Gasteiger partial charge >= 0.3 is 0 Å². The van der Waals surface area contributed by atoms with E-state index in [1.165, 1.54) is 31.4 Å². The number of benzene rings is 1. The van der Waals surface area contributed by atoms with Gasteiger partial charge in [0.2, 0.25) is 5.91 Å². The van der Waals surface area contributed by atoms with Gasteiger partial charge in [-0.3, -0.25) is 4.79 Å². The van der Waals surface area contributed by atoms with E-state index in [0.717, 1.165) is 24.2 Å². The molecule has 6 heteroatoms. The van der Waals surface area contributed by atoms with Crippen molar-refractivity contribution in [2.45, 2.75) is 54.2 Å². The Morgan fingerprint density at radius 2 is 1.76 bits per heavy atom. The SMILES string of the molecule is O=C(N[C@@H]1C[C@@H]2C3CCC(C3)[C@@H]21)C1(S(=O)(=O)c2ccc(Cl)cc2)CC1. The summed E-state index contributed by atoms with van der Waals surface area (Å²) in [5, 5.41) is 3.61. The number of rotatable bonds is 4. The van der Waals surface area contributed by atoms with Crippen molar-refractivity contribution in [1.82, 2.24) is 5.32 Å². The molecule has 0 heterocycles. The lowest BCUT2D eigenvalue weighted by molar-refractivity contribution is -0.124. The second kappa shape index (κ2) is 5.23. The van der Waals surface area contributed by atoms with Gasteiger partial charge in [0.15, 0.2) is 14.6 Å². The predicted molar refractivity (Wildman–Crippen MR) is 95.0 cm³/mol. The summed E-state index contributed by atoms with van der Waals surface area (Å²) in [6, 6.07) is 6.31. The van der Waals surface area contributed by atoms with Crippen molar-refractivity contribution in [1.29, 1.82) is 0 Å². The summed E-state index contributed by atoms with van der Waals surface area (Å²) in [6.07, 6.45) is 5.81. The van der Waals surface area contributed by atoms with Crippen molar-refractivity contribution in [3.8, 4) is 0 Å². The molecule has 4 fully saturated rings. The third-order valence-corrected chi connectivity index (χ3v) is 9.99. The highest BCUT2D eigenvalue weighted by molar-refractivity contribution is 7.94. The van der Waals surface area contributed by atoms with Gasteiger partial charge in [-0.25, -0.2) is 8.42 Å². The van der Waals surface area contributed by atoms with Gasteiger partial charge in [-0.05, 0) is 86.5 Å². The lowest BCUT2D eigenvalue weighted by atomic mass is 9.62. The molecule has 0 spiro atoms. The highest BCUT2D eigenvalue weighted by Gasteiger charge is 2.63. The van der Waals surface area contributed by atoms with Crippen LogP contribution in [0.2, 0.25) is 5.02 Å². The molecule has 2 unspecified atom stereocenters. The van der Waals surface area contributed by atoms with Crippen LogP contribution in [0.5, 0.6) is 0 Å². The van der Waals surface area contributed by atoms with E-state index >= 15 is 0 Å². The molecule has 0 radical (unpaired) electrons. The molecule has 1 aromatic carbocycles. The van der Waals surface area contributed by atoms with E-state index in [0.29, 0.717) is 23.8 Å². The Morgan fingerprint density at radius 3 is 2.40 bits per heavy atom. The molecule has 4 aliphatic carbocycles. The van der Waals surface area contributed by atoms with Gasteiger partial charge in [-0.2, -0.15) is 0 Å². The molecule has 2 bridgehead atoms.